The predicted molar refractivity (Wildman–Crippen MR) is 111 cm³/mol. The van der Waals surface area contributed by atoms with Crippen LogP contribution in [0, 0.1) is 0 Å². The summed E-state index contributed by atoms with van der Waals surface area (Å²) in [6.07, 6.45) is 0. The molecule has 3 N–H and O–H groups in total. The minimum atomic E-state index is -0.202. The van der Waals surface area contributed by atoms with Crippen LogP contribution in [-0.2, 0) is 11.3 Å². The number of methoxy groups -OCH3 is 1. The maximum Gasteiger partial charge on any atom is 0.248 e. The van der Waals surface area contributed by atoms with Crippen LogP contribution < -0.4 is 15.6 Å². The number of imidazole rings is 1. The largest absolute Gasteiger partial charge is 0.504 e. The van der Waals surface area contributed by atoms with Gasteiger partial charge in [-0.15, -0.1) is 0 Å². The number of rotatable bonds is 8. The number of nitrogens with one attached hydrogen (secondary N) is 2. The van der Waals surface area contributed by atoms with Gasteiger partial charge >= 0.3 is 0 Å². The smallest absolute Gasteiger partial charge is 0.248 e. The quantitative estimate of drug-likeness (QED) is 0.399. The second-order valence-electron chi connectivity index (χ2n) is 5.95. The van der Waals surface area contributed by atoms with Gasteiger partial charge in [0.05, 0.1) is 29.6 Å². The van der Waals surface area contributed by atoms with Gasteiger partial charge in [-0.05, 0) is 37.3 Å². The van der Waals surface area contributed by atoms with Gasteiger partial charge < -0.3 is 14.4 Å². The van der Waals surface area contributed by atoms with Crippen molar-refractivity contribution in [2.24, 2.45) is 0 Å². The van der Waals surface area contributed by atoms with E-state index in [4.69, 9.17) is 4.74 Å². The Hall–Kier alpha value is -3.13. The highest BCUT2D eigenvalue weighted by atomic mass is 32.2. The van der Waals surface area contributed by atoms with Gasteiger partial charge in [-0.2, -0.15) is 0 Å². The van der Waals surface area contributed by atoms with Gasteiger partial charge in [-0.25, -0.2) is 4.98 Å². The summed E-state index contributed by atoms with van der Waals surface area (Å²) < 4.78 is 7.16. The number of para-hydroxylation sites is 2. The third-order valence-electron chi connectivity index (χ3n) is 4.15. The van der Waals surface area contributed by atoms with Crippen LogP contribution in [0.4, 0.5) is 0 Å². The van der Waals surface area contributed by atoms with Crippen molar-refractivity contribution in [3.8, 4) is 11.5 Å². The number of aromatic hydroxyl groups is 1. The first-order valence-electron chi connectivity index (χ1n) is 8.72. The maximum atomic E-state index is 12.2. The van der Waals surface area contributed by atoms with E-state index in [9.17, 15) is 9.90 Å². The van der Waals surface area contributed by atoms with E-state index in [1.165, 1.54) is 24.9 Å². The molecule has 3 rings (SSSR count). The molecule has 2 aromatic carbocycles. The Bertz CT molecular complexity index is 1020. The van der Waals surface area contributed by atoms with Crippen molar-refractivity contribution in [1.82, 2.24) is 20.4 Å². The SMILES string of the molecule is C=C(NNC(=O)CSc1nc2ccccc2n1CC)c1ccc(O)c(OC)c1. The molecule has 146 valence electrons. The van der Waals surface area contributed by atoms with Crippen LogP contribution in [0.25, 0.3) is 16.7 Å². The van der Waals surface area contributed by atoms with Gasteiger partial charge in [0.1, 0.15) is 0 Å². The molecule has 0 fully saturated rings. The van der Waals surface area contributed by atoms with Crippen LogP contribution in [0.5, 0.6) is 11.5 Å². The highest BCUT2D eigenvalue weighted by Gasteiger charge is 2.12. The molecule has 1 amide bonds. The lowest BCUT2D eigenvalue weighted by atomic mass is 10.1. The molecule has 3 aromatic rings. The number of phenols is 1. The summed E-state index contributed by atoms with van der Waals surface area (Å²) in [6, 6.07) is 12.7. The molecule has 0 saturated carbocycles. The number of hydrogen-bond donors (Lipinski definition) is 3. The fraction of sp³-hybridized carbons (Fsp3) is 0.200. The lowest BCUT2D eigenvalue weighted by Gasteiger charge is -2.12. The van der Waals surface area contributed by atoms with Gasteiger partial charge in [0.2, 0.25) is 5.91 Å². The molecular weight excluding hydrogens is 376 g/mol. The minimum absolute atomic E-state index is 0.0401. The first-order chi connectivity index (χ1) is 13.5. The summed E-state index contributed by atoms with van der Waals surface area (Å²) in [5.41, 5.74) is 8.56. The highest BCUT2D eigenvalue weighted by Crippen LogP contribution is 2.28. The van der Waals surface area contributed by atoms with Crippen LogP contribution in [0.15, 0.2) is 54.2 Å². The number of thioether (sulfide) groups is 1. The molecule has 1 aromatic heterocycles. The number of aryl methyl sites for hydroxylation is 1. The van der Waals surface area contributed by atoms with Crippen LogP contribution in [0.3, 0.4) is 0 Å². The van der Waals surface area contributed by atoms with E-state index in [1.54, 1.807) is 12.1 Å². The zero-order chi connectivity index (χ0) is 20.1. The van der Waals surface area contributed by atoms with E-state index in [2.05, 4.69) is 33.9 Å². The van der Waals surface area contributed by atoms with Crippen LogP contribution in [0.1, 0.15) is 12.5 Å². The molecule has 7 nitrogen and oxygen atoms in total. The number of carbonyl (C=O) groups is 1. The Morgan fingerprint density at radius 3 is 2.82 bits per heavy atom. The molecule has 8 heteroatoms. The zero-order valence-electron chi connectivity index (χ0n) is 15.7. The monoisotopic (exact) mass is 398 g/mol. The maximum absolute atomic E-state index is 12.2. The van der Waals surface area contributed by atoms with Crippen molar-refractivity contribution in [3.63, 3.8) is 0 Å². The molecule has 0 bridgehead atoms. The average molecular weight is 398 g/mol. The number of nitrogens with zero attached hydrogens (tertiary/aromatic N) is 2. The van der Waals surface area contributed by atoms with E-state index in [0.29, 0.717) is 17.0 Å². The molecule has 1 heterocycles. The third-order valence-corrected chi connectivity index (χ3v) is 5.13. The van der Waals surface area contributed by atoms with Gasteiger partial charge in [-0.1, -0.05) is 30.5 Å². The molecule has 0 unspecified atom stereocenters. The van der Waals surface area contributed by atoms with E-state index < -0.39 is 0 Å². The molecular formula is C20H22N4O3S. The molecule has 0 aliphatic heterocycles. The number of hydrogen-bond acceptors (Lipinski definition) is 6. The van der Waals surface area contributed by atoms with E-state index in [-0.39, 0.29) is 17.4 Å². The predicted octanol–water partition coefficient (Wildman–Crippen LogP) is 3.15. The second kappa shape index (κ2) is 8.71. The Morgan fingerprint density at radius 1 is 1.29 bits per heavy atom. The van der Waals surface area contributed by atoms with Crippen LogP contribution >= 0.6 is 11.8 Å². The number of amides is 1. The number of aromatic nitrogens is 2. The average Bonchev–Trinajstić information content (AvgIpc) is 3.08. The summed E-state index contributed by atoms with van der Waals surface area (Å²) in [5, 5.41) is 10.5. The summed E-state index contributed by atoms with van der Waals surface area (Å²) in [5.74, 6) is 0.383. The van der Waals surface area contributed by atoms with Crippen molar-refractivity contribution in [3.05, 3.63) is 54.6 Å². The lowest BCUT2D eigenvalue weighted by Crippen LogP contribution is -2.37. The van der Waals surface area contributed by atoms with E-state index in [0.717, 1.165) is 22.7 Å². The fourth-order valence-corrected chi connectivity index (χ4v) is 3.60. The van der Waals surface area contributed by atoms with Crippen molar-refractivity contribution in [2.75, 3.05) is 12.9 Å². The van der Waals surface area contributed by atoms with Crippen LogP contribution in [0.2, 0.25) is 0 Å². The Labute approximate surface area is 167 Å². The lowest BCUT2D eigenvalue weighted by molar-refractivity contribution is -0.119. The van der Waals surface area contributed by atoms with Gasteiger partial charge in [0.15, 0.2) is 16.7 Å². The van der Waals surface area contributed by atoms with E-state index >= 15 is 0 Å². The summed E-state index contributed by atoms with van der Waals surface area (Å²) >= 11 is 1.38. The number of phenolic OH excluding ortho intramolecular Hbond substituents is 1. The number of ether oxygens (including phenoxy) is 1. The van der Waals surface area contributed by atoms with Gasteiger partial charge in [-0.3, -0.25) is 15.6 Å². The van der Waals surface area contributed by atoms with Crippen molar-refractivity contribution < 1.29 is 14.6 Å². The normalized spacial score (nSPS) is 10.6. The van der Waals surface area contributed by atoms with Crippen molar-refractivity contribution in [1.29, 1.82) is 0 Å². The molecule has 28 heavy (non-hydrogen) atoms. The first-order valence-corrected chi connectivity index (χ1v) is 9.71. The zero-order valence-corrected chi connectivity index (χ0v) is 16.5. The number of hydrazine groups is 1. The Kier molecular flexibility index (Phi) is 6.10. The van der Waals surface area contributed by atoms with Crippen LogP contribution in [-0.4, -0.2) is 33.4 Å². The van der Waals surface area contributed by atoms with Gasteiger partial charge in [0.25, 0.3) is 0 Å². The third kappa shape index (κ3) is 4.23. The van der Waals surface area contributed by atoms with Crippen molar-refractivity contribution >= 4 is 34.4 Å². The van der Waals surface area contributed by atoms with E-state index in [1.807, 2.05) is 24.3 Å². The minimum Gasteiger partial charge on any atom is -0.504 e. The molecule has 0 atom stereocenters. The number of fused-ring (bicyclic) bond motifs is 1. The Morgan fingerprint density at radius 2 is 2.07 bits per heavy atom. The molecule has 0 radical (unpaired) electrons. The first kappa shape index (κ1) is 19.6. The summed E-state index contributed by atoms with van der Waals surface area (Å²) in [4.78, 5) is 16.8. The van der Waals surface area contributed by atoms with Gasteiger partial charge in [0, 0.05) is 12.1 Å². The summed E-state index contributed by atoms with van der Waals surface area (Å²) in [6.45, 7) is 6.72. The second-order valence-corrected chi connectivity index (χ2v) is 6.90. The molecule has 0 saturated heterocycles. The Balaban J connectivity index is 1.57. The highest BCUT2D eigenvalue weighted by molar-refractivity contribution is 7.99. The topological polar surface area (TPSA) is 88.4 Å². The molecule has 0 aliphatic carbocycles. The summed E-state index contributed by atoms with van der Waals surface area (Å²) in [7, 11) is 1.47. The fourth-order valence-electron chi connectivity index (χ4n) is 2.72. The standard InChI is InChI=1S/C20H22N4O3S/c1-4-24-16-8-6-5-7-15(16)21-20(24)28-12-19(26)23-22-13(2)14-9-10-17(25)18(11-14)27-3/h5-11,22,25H,2,4,12H2,1,3H3,(H,23,26). The van der Waals surface area contributed by atoms with Crippen molar-refractivity contribution in [2.45, 2.75) is 18.6 Å². The molecule has 0 spiro atoms. The molecule has 0 aliphatic rings. The number of benzene rings is 2. The number of carbonyl (C=O) groups excluding carboxylic acids is 1.